The molecule has 102 valence electrons. The van der Waals surface area contributed by atoms with Crippen LogP contribution in [-0.2, 0) is 18.3 Å². The highest BCUT2D eigenvalue weighted by molar-refractivity contribution is 7.15. The van der Waals surface area contributed by atoms with Crippen molar-refractivity contribution in [2.75, 3.05) is 11.9 Å². The lowest BCUT2D eigenvalue weighted by Crippen LogP contribution is -2.07. The standard InChI is InChI=1S/C11H15N5O2S/c1-4-18-10(17)9-7(2)19-11(14-9)12-5-8-13-6-16(3)15-8/h6H,4-5H2,1-3H3,(H,12,14). The lowest BCUT2D eigenvalue weighted by molar-refractivity contribution is 0.0519. The maximum absolute atomic E-state index is 11.6. The molecule has 2 heterocycles. The van der Waals surface area contributed by atoms with E-state index in [1.165, 1.54) is 11.3 Å². The zero-order valence-electron chi connectivity index (χ0n) is 11.0. The molecule has 19 heavy (non-hydrogen) atoms. The van der Waals surface area contributed by atoms with Gasteiger partial charge in [0.15, 0.2) is 16.6 Å². The third kappa shape index (κ3) is 3.28. The van der Waals surface area contributed by atoms with Crippen molar-refractivity contribution >= 4 is 22.4 Å². The number of nitrogens with zero attached hydrogens (tertiary/aromatic N) is 4. The molecule has 0 aliphatic rings. The van der Waals surface area contributed by atoms with Gasteiger partial charge in [0.05, 0.1) is 13.2 Å². The lowest BCUT2D eigenvalue weighted by atomic mass is 10.4. The fraction of sp³-hybridized carbons (Fsp3) is 0.455. The van der Waals surface area contributed by atoms with Gasteiger partial charge in [-0.2, -0.15) is 5.10 Å². The van der Waals surface area contributed by atoms with E-state index in [-0.39, 0.29) is 5.97 Å². The highest BCUT2D eigenvalue weighted by Crippen LogP contribution is 2.22. The van der Waals surface area contributed by atoms with E-state index in [9.17, 15) is 4.79 Å². The molecule has 0 saturated carbocycles. The fourth-order valence-electron chi connectivity index (χ4n) is 1.48. The molecule has 0 aliphatic carbocycles. The number of anilines is 1. The summed E-state index contributed by atoms with van der Waals surface area (Å²) in [5.41, 5.74) is 0.364. The van der Waals surface area contributed by atoms with E-state index in [1.54, 1.807) is 17.9 Å². The first-order valence-corrected chi connectivity index (χ1v) is 6.64. The molecule has 2 rings (SSSR count). The van der Waals surface area contributed by atoms with Gasteiger partial charge in [0, 0.05) is 11.9 Å². The summed E-state index contributed by atoms with van der Waals surface area (Å²) in [4.78, 5) is 20.8. The summed E-state index contributed by atoms with van der Waals surface area (Å²) < 4.78 is 6.57. The second-order valence-corrected chi connectivity index (χ2v) is 5.04. The average Bonchev–Trinajstić information content (AvgIpc) is 2.93. The normalized spacial score (nSPS) is 10.5. The zero-order chi connectivity index (χ0) is 13.8. The monoisotopic (exact) mass is 281 g/mol. The Balaban J connectivity index is 2.01. The zero-order valence-corrected chi connectivity index (χ0v) is 11.8. The lowest BCUT2D eigenvalue weighted by Gasteiger charge is -1.98. The Morgan fingerprint density at radius 2 is 2.37 bits per heavy atom. The minimum Gasteiger partial charge on any atom is -0.461 e. The van der Waals surface area contributed by atoms with Crippen molar-refractivity contribution in [3.05, 3.63) is 22.7 Å². The smallest absolute Gasteiger partial charge is 0.358 e. The first-order chi connectivity index (χ1) is 9.10. The van der Waals surface area contributed by atoms with Crippen molar-refractivity contribution in [2.45, 2.75) is 20.4 Å². The fourth-order valence-corrected chi connectivity index (χ4v) is 2.28. The van der Waals surface area contributed by atoms with Gasteiger partial charge in [-0.1, -0.05) is 0 Å². The van der Waals surface area contributed by atoms with Gasteiger partial charge >= 0.3 is 5.97 Å². The van der Waals surface area contributed by atoms with Gasteiger partial charge in [-0.05, 0) is 13.8 Å². The summed E-state index contributed by atoms with van der Waals surface area (Å²) in [5, 5.41) is 7.90. The van der Waals surface area contributed by atoms with Crippen molar-refractivity contribution in [1.29, 1.82) is 0 Å². The predicted octanol–water partition coefficient (Wildman–Crippen LogP) is 1.37. The summed E-state index contributed by atoms with van der Waals surface area (Å²) in [6.45, 7) is 4.42. The number of thiazole rings is 1. The first-order valence-electron chi connectivity index (χ1n) is 5.83. The second kappa shape index (κ2) is 5.79. The quantitative estimate of drug-likeness (QED) is 0.834. The molecule has 0 radical (unpaired) electrons. The van der Waals surface area contributed by atoms with Crippen molar-refractivity contribution in [1.82, 2.24) is 19.7 Å². The second-order valence-electron chi connectivity index (χ2n) is 3.83. The molecule has 0 spiro atoms. The molecule has 0 aromatic carbocycles. The third-order valence-electron chi connectivity index (χ3n) is 2.31. The molecule has 8 heteroatoms. The summed E-state index contributed by atoms with van der Waals surface area (Å²) in [7, 11) is 1.81. The van der Waals surface area contributed by atoms with E-state index in [4.69, 9.17) is 4.74 Å². The van der Waals surface area contributed by atoms with Crippen LogP contribution in [0.3, 0.4) is 0 Å². The number of ether oxygens (including phenoxy) is 1. The van der Waals surface area contributed by atoms with Crippen LogP contribution >= 0.6 is 11.3 Å². The Bertz CT molecular complexity index is 577. The Morgan fingerprint density at radius 3 is 3.00 bits per heavy atom. The molecule has 0 amide bonds. The number of nitrogens with one attached hydrogen (secondary N) is 1. The molecular formula is C11H15N5O2S. The van der Waals surface area contributed by atoms with Gasteiger partial charge in [-0.3, -0.25) is 4.68 Å². The maximum atomic E-state index is 11.6. The topological polar surface area (TPSA) is 81.9 Å². The highest BCUT2D eigenvalue weighted by atomic mass is 32.1. The van der Waals surface area contributed by atoms with Crippen LogP contribution in [0.2, 0.25) is 0 Å². The van der Waals surface area contributed by atoms with Gasteiger partial charge in [-0.15, -0.1) is 11.3 Å². The third-order valence-corrected chi connectivity index (χ3v) is 3.24. The minimum absolute atomic E-state index is 0.344. The van der Waals surface area contributed by atoms with Crippen LogP contribution in [0.4, 0.5) is 5.13 Å². The number of hydrogen-bond donors (Lipinski definition) is 1. The number of esters is 1. The number of hydrogen-bond acceptors (Lipinski definition) is 7. The van der Waals surface area contributed by atoms with Gasteiger partial charge in [-0.25, -0.2) is 14.8 Å². The van der Waals surface area contributed by atoms with E-state index in [1.807, 2.05) is 14.0 Å². The van der Waals surface area contributed by atoms with Crippen LogP contribution in [-0.4, -0.2) is 32.3 Å². The molecule has 7 nitrogen and oxygen atoms in total. The molecule has 0 aliphatic heterocycles. The molecule has 0 fully saturated rings. The number of carbonyl (C=O) groups excluding carboxylic acids is 1. The van der Waals surface area contributed by atoms with E-state index in [0.29, 0.717) is 29.8 Å². The molecule has 0 saturated heterocycles. The largest absolute Gasteiger partial charge is 0.461 e. The Labute approximate surface area is 114 Å². The van der Waals surface area contributed by atoms with Gasteiger partial charge in [0.25, 0.3) is 0 Å². The Hall–Kier alpha value is -1.96. The molecule has 0 atom stereocenters. The van der Waals surface area contributed by atoms with Gasteiger partial charge in [0.2, 0.25) is 0 Å². The van der Waals surface area contributed by atoms with Crippen molar-refractivity contribution in [3.63, 3.8) is 0 Å². The molecular weight excluding hydrogens is 266 g/mol. The van der Waals surface area contributed by atoms with Gasteiger partial charge in [0.1, 0.15) is 6.33 Å². The number of carbonyl (C=O) groups is 1. The van der Waals surface area contributed by atoms with Crippen LogP contribution < -0.4 is 5.32 Å². The maximum Gasteiger partial charge on any atom is 0.358 e. The van der Waals surface area contributed by atoms with Crippen LogP contribution in [0.5, 0.6) is 0 Å². The van der Waals surface area contributed by atoms with E-state index in [2.05, 4.69) is 20.4 Å². The van der Waals surface area contributed by atoms with Crippen LogP contribution in [0, 0.1) is 6.92 Å². The Morgan fingerprint density at radius 1 is 1.58 bits per heavy atom. The highest BCUT2D eigenvalue weighted by Gasteiger charge is 2.16. The first kappa shape index (κ1) is 13.5. The predicted molar refractivity (Wildman–Crippen MR) is 71.1 cm³/mol. The van der Waals surface area contributed by atoms with Crippen LogP contribution in [0.25, 0.3) is 0 Å². The summed E-state index contributed by atoms with van der Waals surface area (Å²) in [6.07, 6.45) is 1.63. The Kier molecular flexibility index (Phi) is 4.10. The van der Waals surface area contributed by atoms with Crippen molar-refractivity contribution in [3.8, 4) is 0 Å². The number of rotatable bonds is 5. The molecule has 1 N–H and O–H groups in total. The summed E-state index contributed by atoms with van der Waals surface area (Å²) >= 11 is 1.41. The van der Waals surface area contributed by atoms with Crippen molar-refractivity contribution < 1.29 is 9.53 Å². The molecule has 0 unspecified atom stereocenters. The van der Waals surface area contributed by atoms with Gasteiger partial charge < -0.3 is 10.1 Å². The van der Waals surface area contributed by atoms with E-state index in [0.717, 1.165) is 4.88 Å². The van der Waals surface area contributed by atoms with Crippen molar-refractivity contribution in [2.24, 2.45) is 7.05 Å². The SMILES string of the molecule is CCOC(=O)c1nc(NCc2ncn(C)n2)sc1C. The number of aryl methyl sites for hydroxylation is 2. The summed E-state index contributed by atoms with van der Waals surface area (Å²) in [5.74, 6) is 0.285. The summed E-state index contributed by atoms with van der Waals surface area (Å²) in [6, 6.07) is 0. The molecule has 2 aromatic heterocycles. The minimum atomic E-state index is -0.389. The average molecular weight is 281 g/mol. The van der Waals surface area contributed by atoms with E-state index >= 15 is 0 Å². The van der Waals surface area contributed by atoms with Crippen LogP contribution in [0.1, 0.15) is 28.1 Å². The molecule has 0 bridgehead atoms. The molecule has 2 aromatic rings. The number of aromatic nitrogens is 4. The van der Waals surface area contributed by atoms with E-state index < -0.39 is 0 Å². The van der Waals surface area contributed by atoms with Crippen LogP contribution in [0.15, 0.2) is 6.33 Å².